The van der Waals surface area contributed by atoms with Gasteiger partial charge in [-0.3, -0.25) is 4.79 Å². The van der Waals surface area contributed by atoms with Crippen LogP contribution in [0.1, 0.15) is 25.0 Å². The lowest BCUT2D eigenvalue weighted by molar-refractivity contribution is -0.113. The Morgan fingerprint density at radius 3 is 2.50 bits per heavy atom. The number of nitrogens with zero attached hydrogens (tertiary/aromatic N) is 3. The molecule has 0 bridgehead atoms. The summed E-state index contributed by atoms with van der Waals surface area (Å²) in [5.41, 5.74) is 3.49. The molecule has 2 aromatic carbocycles. The Morgan fingerprint density at radius 1 is 1.06 bits per heavy atom. The fraction of sp³-hybridized carbons (Fsp3) is 0.318. The van der Waals surface area contributed by atoms with Gasteiger partial charge in [0.15, 0.2) is 0 Å². The average Bonchev–Trinajstić information content (AvgIpc) is 3.25. The van der Waals surface area contributed by atoms with E-state index in [0.717, 1.165) is 28.6 Å². The molecule has 8 nitrogen and oxygen atoms in total. The molecule has 1 heterocycles. The second-order valence-corrected chi connectivity index (χ2v) is 9.99. The van der Waals surface area contributed by atoms with Gasteiger partial charge in [-0.15, -0.1) is 10.2 Å². The molecule has 3 rings (SSSR count). The van der Waals surface area contributed by atoms with Crippen molar-refractivity contribution >= 4 is 33.4 Å². The fourth-order valence-corrected chi connectivity index (χ4v) is 5.10. The molecule has 0 unspecified atom stereocenters. The van der Waals surface area contributed by atoms with E-state index in [1.807, 2.05) is 32.0 Å². The minimum atomic E-state index is -3.60. The number of carbonyl (C=O) groups excluding carboxylic acids is 1. The van der Waals surface area contributed by atoms with Crippen LogP contribution in [0.15, 0.2) is 57.0 Å². The van der Waals surface area contributed by atoms with Crippen LogP contribution in [0.2, 0.25) is 0 Å². The maximum absolute atomic E-state index is 12.8. The molecular weight excluding hydrogens is 448 g/mol. The van der Waals surface area contributed by atoms with Crippen molar-refractivity contribution in [2.45, 2.75) is 37.8 Å². The van der Waals surface area contributed by atoms with Crippen molar-refractivity contribution in [3.63, 3.8) is 0 Å². The van der Waals surface area contributed by atoms with Gasteiger partial charge in [-0.05, 0) is 55.3 Å². The summed E-state index contributed by atoms with van der Waals surface area (Å²) >= 11 is 1.11. The van der Waals surface area contributed by atoms with Crippen molar-refractivity contribution < 1.29 is 17.6 Å². The van der Waals surface area contributed by atoms with E-state index >= 15 is 0 Å². The molecule has 0 aliphatic heterocycles. The van der Waals surface area contributed by atoms with E-state index in [9.17, 15) is 13.2 Å². The van der Waals surface area contributed by atoms with Crippen LogP contribution in [-0.2, 0) is 14.8 Å². The maximum Gasteiger partial charge on any atom is 0.277 e. The highest BCUT2D eigenvalue weighted by Gasteiger charge is 2.22. The number of aromatic nitrogens is 2. The highest BCUT2D eigenvalue weighted by molar-refractivity contribution is 7.99. The summed E-state index contributed by atoms with van der Waals surface area (Å²) < 4.78 is 32.5. The molecule has 0 atom stereocenters. The van der Waals surface area contributed by atoms with Crippen LogP contribution in [0.4, 0.5) is 5.69 Å². The van der Waals surface area contributed by atoms with E-state index in [-0.39, 0.29) is 27.7 Å². The van der Waals surface area contributed by atoms with Gasteiger partial charge in [-0.25, -0.2) is 8.42 Å². The van der Waals surface area contributed by atoms with Crippen LogP contribution in [-0.4, -0.2) is 47.7 Å². The summed E-state index contributed by atoms with van der Waals surface area (Å²) in [6.07, 6.45) is 0. The maximum atomic E-state index is 12.8. The van der Waals surface area contributed by atoms with Crippen LogP contribution in [0.3, 0.4) is 0 Å². The second kappa shape index (κ2) is 10.3. The molecule has 0 fully saturated rings. The molecule has 0 aliphatic carbocycles. The number of sulfonamides is 1. The van der Waals surface area contributed by atoms with Gasteiger partial charge in [0.2, 0.25) is 21.8 Å². The first-order valence-corrected chi connectivity index (χ1v) is 12.6. The number of anilines is 1. The highest BCUT2D eigenvalue weighted by atomic mass is 32.2. The molecule has 170 valence electrons. The quantitative estimate of drug-likeness (QED) is 0.465. The number of nitrogens with one attached hydrogen (secondary N) is 1. The van der Waals surface area contributed by atoms with E-state index in [4.69, 9.17) is 4.42 Å². The normalized spacial score (nSPS) is 11.7. The Balaban J connectivity index is 1.67. The molecule has 0 saturated carbocycles. The number of hydrogen-bond acceptors (Lipinski definition) is 7. The lowest BCUT2D eigenvalue weighted by atomic mass is 10.1. The van der Waals surface area contributed by atoms with Gasteiger partial charge in [0.25, 0.3) is 5.22 Å². The molecule has 0 saturated heterocycles. The molecule has 1 aromatic heterocycles. The second-order valence-electron chi connectivity index (χ2n) is 7.13. The number of amides is 1. The minimum absolute atomic E-state index is 0.102. The Labute approximate surface area is 192 Å². The molecule has 0 spiro atoms. The number of thioether (sulfide) groups is 1. The fourth-order valence-electron chi connectivity index (χ4n) is 3.03. The highest BCUT2D eigenvalue weighted by Crippen LogP contribution is 2.26. The summed E-state index contributed by atoms with van der Waals surface area (Å²) in [6.45, 7) is 8.36. The first-order valence-electron chi connectivity index (χ1n) is 10.2. The van der Waals surface area contributed by atoms with Gasteiger partial charge in [0, 0.05) is 24.3 Å². The van der Waals surface area contributed by atoms with E-state index < -0.39 is 10.0 Å². The third-order valence-corrected chi connectivity index (χ3v) is 7.81. The van der Waals surface area contributed by atoms with Gasteiger partial charge in [-0.1, -0.05) is 37.7 Å². The molecule has 1 N–H and O–H groups in total. The lowest BCUT2D eigenvalue weighted by Crippen LogP contribution is -2.30. The zero-order chi connectivity index (χ0) is 23.3. The van der Waals surface area contributed by atoms with Gasteiger partial charge in [0.1, 0.15) is 0 Å². The van der Waals surface area contributed by atoms with Gasteiger partial charge in [0.05, 0.1) is 10.6 Å². The Kier molecular flexibility index (Phi) is 7.70. The number of benzene rings is 2. The molecule has 1 amide bonds. The first kappa shape index (κ1) is 24.0. The van der Waals surface area contributed by atoms with Crippen LogP contribution < -0.4 is 5.32 Å². The van der Waals surface area contributed by atoms with Crippen molar-refractivity contribution in [2.24, 2.45) is 0 Å². The SMILES string of the molecule is CCN(CC)S(=O)(=O)c1cccc(-c2nnc(SCC(=O)Nc3ccc(C)c(C)c3)o2)c1. The topological polar surface area (TPSA) is 105 Å². The van der Waals surface area contributed by atoms with Crippen LogP contribution in [0.5, 0.6) is 0 Å². The molecule has 0 aliphatic rings. The number of rotatable bonds is 9. The van der Waals surface area contributed by atoms with E-state index in [1.54, 1.807) is 32.0 Å². The molecule has 3 aromatic rings. The predicted octanol–water partition coefficient (Wildman–Crippen LogP) is 4.11. The van der Waals surface area contributed by atoms with Gasteiger partial charge < -0.3 is 9.73 Å². The standard InChI is InChI=1S/C22H26N4O4S2/c1-5-26(6-2)32(28,29)19-9-7-8-17(13-19)21-24-25-22(30-21)31-14-20(27)23-18-11-10-15(3)16(4)12-18/h7-13H,5-6,14H2,1-4H3,(H,23,27). The Morgan fingerprint density at radius 2 is 1.81 bits per heavy atom. The first-order chi connectivity index (χ1) is 15.2. The number of carbonyl (C=O) groups is 1. The molecular formula is C22H26N4O4S2. The Bertz CT molecular complexity index is 1200. The van der Waals surface area contributed by atoms with E-state index in [2.05, 4.69) is 15.5 Å². The minimum Gasteiger partial charge on any atom is -0.411 e. The summed E-state index contributed by atoms with van der Waals surface area (Å²) in [5, 5.41) is 11.0. The summed E-state index contributed by atoms with van der Waals surface area (Å²) in [6, 6.07) is 12.1. The van der Waals surface area contributed by atoms with E-state index in [0.29, 0.717) is 18.7 Å². The largest absolute Gasteiger partial charge is 0.411 e. The molecule has 10 heteroatoms. The third-order valence-electron chi connectivity index (χ3n) is 4.95. The molecule has 32 heavy (non-hydrogen) atoms. The monoisotopic (exact) mass is 474 g/mol. The zero-order valence-corrected chi connectivity index (χ0v) is 20.1. The van der Waals surface area contributed by atoms with E-state index in [1.165, 1.54) is 10.4 Å². The predicted molar refractivity (Wildman–Crippen MR) is 125 cm³/mol. The van der Waals surface area contributed by atoms with Crippen LogP contribution in [0, 0.1) is 13.8 Å². The third kappa shape index (κ3) is 5.56. The smallest absolute Gasteiger partial charge is 0.277 e. The van der Waals surface area contributed by atoms with Crippen molar-refractivity contribution in [1.82, 2.24) is 14.5 Å². The number of aryl methyl sites for hydroxylation is 2. The average molecular weight is 475 g/mol. The lowest BCUT2D eigenvalue weighted by Gasteiger charge is -2.18. The van der Waals surface area contributed by atoms with Crippen molar-refractivity contribution in [3.8, 4) is 11.5 Å². The summed E-state index contributed by atoms with van der Waals surface area (Å²) in [7, 11) is -3.60. The van der Waals surface area contributed by atoms with Gasteiger partial charge in [-0.2, -0.15) is 4.31 Å². The molecule has 0 radical (unpaired) electrons. The zero-order valence-electron chi connectivity index (χ0n) is 18.5. The van der Waals surface area contributed by atoms with Crippen molar-refractivity contribution in [1.29, 1.82) is 0 Å². The number of hydrogen-bond donors (Lipinski definition) is 1. The van der Waals surface area contributed by atoms with Gasteiger partial charge >= 0.3 is 0 Å². The van der Waals surface area contributed by atoms with Crippen LogP contribution >= 0.6 is 11.8 Å². The summed E-state index contributed by atoms with van der Waals surface area (Å²) in [5.74, 6) is 0.106. The van der Waals surface area contributed by atoms with Crippen molar-refractivity contribution in [2.75, 3.05) is 24.2 Å². The van der Waals surface area contributed by atoms with Crippen LogP contribution in [0.25, 0.3) is 11.5 Å². The Hall–Kier alpha value is -2.69. The summed E-state index contributed by atoms with van der Waals surface area (Å²) in [4.78, 5) is 12.4. The van der Waals surface area contributed by atoms with Crippen molar-refractivity contribution in [3.05, 3.63) is 53.6 Å².